The van der Waals surface area contributed by atoms with Crippen molar-refractivity contribution in [3.05, 3.63) is 48.4 Å². The van der Waals surface area contributed by atoms with Gasteiger partial charge in [-0.25, -0.2) is 9.37 Å². The maximum Gasteiger partial charge on any atom is 0.229 e. The molecular formula is C21H25FN4O3. The number of morpholine rings is 1. The molecule has 0 unspecified atom stereocenters. The first-order chi connectivity index (χ1) is 14.2. The fraction of sp³-hybridized carbons (Fsp3) is 0.333. The summed E-state index contributed by atoms with van der Waals surface area (Å²) < 4.78 is 29.5. The molecular weight excluding hydrogens is 375 g/mol. The Morgan fingerprint density at radius 3 is 2.62 bits per heavy atom. The summed E-state index contributed by atoms with van der Waals surface area (Å²) in [6.45, 7) is 7.02. The summed E-state index contributed by atoms with van der Waals surface area (Å²) in [7, 11) is 1.43. The van der Waals surface area contributed by atoms with E-state index in [4.69, 9.17) is 14.0 Å². The minimum absolute atomic E-state index is 0.188. The third kappa shape index (κ3) is 5.03. The van der Waals surface area contributed by atoms with Gasteiger partial charge in [0.25, 0.3) is 0 Å². The predicted molar refractivity (Wildman–Crippen MR) is 110 cm³/mol. The number of nitrogens with zero attached hydrogens (tertiary/aromatic N) is 3. The van der Waals surface area contributed by atoms with E-state index >= 15 is 0 Å². The van der Waals surface area contributed by atoms with Crippen LogP contribution in [0.15, 0.2) is 47.1 Å². The third-order valence-corrected chi connectivity index (χ3v) is 4.31. The molecule has 29 heavy (non-hydrogen) atoms. The summed E-state index contributed by atoms with van der Waals surface area (Å²) in [4.78, 5) is 6.58. The summed E-state index contributed by atoms with van der Waals surface area (Å²) in [5, 5.41) is 7.17. The number of anilines is 3. The molecule has 0 atom stereocenters. The molecule has 0 radical (unpaired) electrons. The molecule has 4 rings (SSSR count). The number of methoxy groups -OCH3 is 1. The first kappa shape index (κ1) is 20.6. The Morgan fingerprint density at radius 1 is 1.10 bits per heavy atom. The van der Waals surface area contributed by atoms with Gasteiger partial charge < -0.3 is 24.2 Å². The zero-order chi connectivity index (χ0) is 20.6. The topological polar surface area (TPSA) is 72.7 Å². The largest absolute Gasteiger partial charge is 0.494 e. The lowest BCUT2D eigenvalue weighted by Gasteiger charge is -2.27. The van der Waals surface area contributed by atoms with Crippen LogP contribution in [0.1, 0.15) is 13.8 Å². The van der Waals surface area contributed by atoms with E-state index in [1.807, 2.05) is 26.0 Å². The smallest absolute Gasteiger partial charge is 0.229 e. The van der Waals surface area contributed by atoms with Gasteiger partial charge in [-0.2, -0.15) is 0 Å². The Balaban J connectivity index is 0.00000117. The predicted octanol–water partition coefficient (Wildman–Crippen LogP) is 4.49. The number of hydrogen-bond acceptors (Lipinski definition) is 7. The standard InChI is InChI=1S/C19H19FN4O3.C2H6/c1-25-17-3-2-13(10-15(17)20)16-12-19(27-23-16)22-14-4-5-21-18(11-14)24-6-8-26-9-7-24;1-2/h2-5,10-12H,6-9H2,1H3,(H,21,22);1-2H3. The molecule has 154 valence electrons. The van der Waals surface area contributed by atoms with Gasteiger partial charge in [0.15, 0.2) is 11.6 Å². The normalized spacial score (nSPS) is 13.4. The lowest BCUT2D eigenvalue weighted by molar-refractivity contribution is 0.122. The van der Waals surface area contributed by atoms with Gasteiger partial charge in [-0.15, -0.1) is 0 Å². The number of pyridine rings is 1. The van der Waals surface area contributed by atoms with E-state index in [0.717, 1.165) is 24.6 Å². The zero-order valence-corrected chi connectivity index (χ0v) is 16.8. The highest BCUT2D eigenvalue weighted by molar-refractivity contribution is 5.66. The van der Waals surface area contributed by atoms with Crippen LogP contribution in [0.2, 0.25) is 0 Å². The van der Waals surface area contributed by atoms with Crippen LogP contribution in [0.5, 0.6) is 5.75 Å². The molecule has 0 spiro atoms. The molecule has 0 bridgehead atoms. The van der Waals surface area contributed by atoms with Gasteiger partial charge in [0.2, 0.25) is 5.88 Å². The van der Waals surface area contributed by atoms with Crippen LogP contribution in [-0.2, 0) is 4.74 Å². The fourth-order valence-electron chi connectivity index (χ4n) is 2.90. The van der Waals surface area contributed by atoms with Crippen LogP contribution >= 0.6 is 0 Å². The van der Waals surface area contributed by atoms with E-state index < -0.39 is 5.82 Å². The lowest BCUT2D eigenvalue weighted by Crippen LogP contribution is -2.36. The average Bonchev–Trinajstić information content (AvgIpc) is 3.24. The number of hydrogen-bond donors (Lipinski definition) is 1. The van der Waals surface area contributed by atoms with E-state index in [2.05, 4.69) is 20.4 Å². The number of nitrogens with one attached hydrogen (secondary N) is 1. The minimum atomic E-state index is -0.447. The minimum Gasteiger partial charge on any atom is -0.494 e. The maximum atomic E-state index is 13.9. The number of ether oxygens (including phenoxy) is 2. The fourth-order valence-corrected chi connectivity index (χ4v) is 2.90. The van der Waals surface area contributed by atoms with Crippen LogP contribution in [0.4, 0.5) is 21.8 Å². The van der Waals surface area contributed by atoms with Crippen molar-refractivity contribution in [2.45, 2.75) is 13.8 Å². The SMILES string of the molecule is CC.COc1ccc(-c2cc(Nc3ccnc(N4CCOCC4)c3)on2)cc1F. The van der Waals surface area contributed by atoms with E-state index in [1.165, 1.54) is 13.2 Å². The molecule has 1 N–H and O–H groups in total. The summed E-state index contributed by atoms with van der Waals surface area (Å²) in [6, 6.07) is 10.2. The molecule has 1 fully saturated rings. The van der Waals surface area contributed by atoms with Gasteiger partial charge in [0.1, 0.15) is 11.5 Å². The molecule has 8 heteroatoms. The van der Waals surface area contributed by atoms with Gasteiger partial charge in [-0.3, -0.25) is 0 Å². The van der Waals surface area contributed by atoms with Crippen LogP contribution in [0.25, 0.3) is 11.3 Å². The van der Waals surface area contributed by atoms with E-state index in [-0.39, 0.29) is 5.75 Å². The van der Waals surface area contributed by atoms with Crippen molar-refractivity contribution in [1.29, 1.82) is 0 Å². The molecule has 7 nitrogen and oxygen atoms in total. The molecule has 0 aliphatic carbocycles. The number of halogens is 1. The molecule has 0 amide bonds. The molecule has 1 aliphatic heterocycles. The molecule has 1 aromatic carbocycles. The lowest BCUT2D eigenvalue weighted by atomic mass is 10.1. The maximum absolute atomic E-state index is 13.9. The van der Waals surface area contributed by atoms with Crippen molar-refractivity contribution in [3.8, 4) is 17.0 Å². The second-order valence-electron chi connectivity index (χ2n) is 6.05. The second-order valence-corrected chi connectivity index (χ2v) is 6.05. The van der Waals surface area contributed by atoms with E-state index in [9.17, 15) is 4.39 Å². The van der Waals surface area contributed by atoms with Crippen molar-refractivity contribution < 1.29 is 18.4 Å². The monoisotopic (exact) mass is 400 g/mol. The first-order valence-electron chi connectivity index (χ1n) is 9.59. The highest BCUT2D eigenvalue weighted by atomic mass is 19.1. The van der Waals surface area contributed by atoms with Crippen LogP contribution < -0.4 is 15.0 Å². The van der Waals surface area contributed by atoms with Crippen molar-refractivity contribution in [3.63, 3.8) is 0 Å². The molecule has 1 saturated heterocycles. The molecule has 0 saturated carbocycles. The Bertz CT molecular complexity index is 926. The number of rotatable bonds is 5. The Labute approximate surface area is 169 Å². The van der Waals surface area contributed by atoms with Gasteiger partial charge in [0.05, 0.1) is 20.3 Å². The summed E-state index contributed by atoms with van der Waals surface area (Å²) in [6.07, 6.45) is 1.74. The Kier molecular flexibility index (Phi) is 7.02. The Morgan fingerprint density at radius 2 is 1.90 bits per heavy atom. The molecule has 2 aromatic heterocycles. The highest BCUT2D eigenvalue weighted by Crippen LogP contribution is 2.28. The molecule has 3 aromatic rings. The van der Waals surface area contributed by atoms with Gasteiger partial charge in [-0.1, -0.05) is 19.0 Å². The number of aromatic nitrogens is 2. The van der Waals surface area contributed by atoms with Crippen LogP contribution in [0.3, 0.4) is 0 Å². The summed E-state index contributed by atoms with van der Waals surface area (Å²) in [5.41, 5.74) is 1.96. The quantitative estimate of drug-likeness (QED) is 0.676. The van der Waals surface area contributed by atoms with Gasteiger partial charge >= 0.3 is 0 Å². The van der Waals surface area contributed by atoms with E-state index in [1.54, 1.807) is 24.4 Å². The Hall–Kier alpha value is -3.13. The molecule has 1 aliphatic rings. The second kappa shape index (κ2) is 9.88. The zero-order valence-electron chi connectivity index (χ0n) is 16.8. The van der Waals surface area contributed by atoms with Crippen molar-refractivity contribution in [1.82, 2.24) is 10.1 Å². The van der Waals surface area contributed by atoms with Crippen LogP contribution in [-0.4, -0.2) is 43.6 Å². The van der Waals surface area contributed by atoms with E-state index in [0.29, 0.717) is 30.4 Å². The molecule has 3 heterocycles. The van der Waals surface area contributed by atoms with Crippen molar-refractivity contribution >= 4 is 17.4 Å². The van der Waals surface area contributed by atoms with Crippen molar-refractivity contribution in [2.75, 3.05) is 43.6 Å². The summed E-state index contributed by atoms with van der Waals surface area (Å²) in [5.74, 6) is 1.07. The third-order valence-electron chi connectivity index (χ3n) is 4.31. The summed E-state index contributed by atoms with van der Waals surface area (Å²) >= 11 is 0. The van der Waals surface area contributed by atoms with Gasteiger partial charge in [0, 0.05) is 42.7 Å². The number of benzene rings is 1. The first-order valence-corrected chi connectivity index (χ1v) is 9.59. The average molecular weight is 400 g/mol. The van der Waals surface area contributed by atoms with Gasteiger partial charge in [-0.05, 0) is 24.3 Å². The van der Waals surface area contributed by atoms with Crippen molar-refractivity contribution in [2.24, 2.45) is 0 Å². The highest BCUT2D eigenvalue weighted by Gasteiger charge is 2.14. The van der Waals surface area contributed by atoms with Crippen LogP contribution in [0, 0.1) is 5.82 Å².